The van der Waals surface area contributed by atoms with Crippen molar-refractivity contribution in [1.82, 2.24) is 9.80 Å². The van der Waals surface area contributed by atoms with Crippen LogP contribution < -0.4 is 9.47 Å². The molecule has 0 aromatic heterocycles. The summed E-state index contributed by atoms with van der Waals surface area (Å²) in [6.07, 6.45) is 0. The summed E-state index contributed by atoms with van der Waals surface area (Å²) >= 11 is 11.5. The summed E-state index contributed by atoms with van der Waals surface area (Å²) in [6, 6.07) is 7.79. The van der Waals surface area contributed by atoms with Crippen molar-refractivity contribution in [2.45, 2.75) is 13.8 Å². The molecule has 1 rings (SSSR count). The number of hydrogen-bond acceptors (Lipinski definition) is 4. The first-order valence-corrected chi connectivity index (χ1v) is 9.72. The summed E-state index contributed by atoms with van der Waals surface area (Å²) < 4.78 is 11.5. The maximum Gasteiger partial charge on any atom is 0.119 e. The van der Waals surface area contributed by atoms with Gasteiger partial charge in [0.05, 0.1) is 0 Å². The van der Waals surface area contributed by atoms with Gasteiger partial charge in [-0.25, -0.2) is 0 Å². The van der Waals surface area contributed by atoms with Crippen molar-refractivity contribution >= 4 is 23.2 Å². The number of nitrogens with zero attached hydrogens (tertiary/aromatic N) is 2. The van der Waals surface area contributed by atoms with Gasteiger partial charge in [0.1, 0.15) is 24.7 Å². The van der Waals surface area contributed by atoms with Gasteiger partial charge in [0.25, 0.3) is 0 Å². The number of ether oxygens (including phenoxy) is 2. The Morgan fingerprint density at radius 2 is 1.08 bits per heavy atom. The Morgan fingerprint density at radius 3 is 1.38 bits per heavy atom. The normalized spacial score (nSPS) is 11.2. The van der Waals surface area contributed by atoms with Crippen LogP contribution in [0.25, 0.3) is 0 Å². The van der Waals surface area contributed by atoms with Crippen LogP contribution >= 0.6 is 23.2 Å². The molecule has 0 N–H and O–H groups in total. The zero-order chi connectivity index (χ0) is 17.6. The van der Waals surface area contributed by atoms with Gasteiger partial charge in [-0.2, -0.15) is 0 Å². The smallest absolute Gasteiger partial charge is 0.119 e. The van der Waals surface area contributed by atoms with E-state index < -0.39 is 0 Å². The number of halogens is 2. The fourth-order valence-corrected chi connectivity index (χ4v) is 2.79. The van der Waals surface area contributed by atoms with E-state index in [1.165, 1.54) is 0 Å². The van der Waals surface area contributed by atoms with E-state index in [-0.39, 0.29) is 0 Å². The molecule has 138 valence electrons. The zero-order valence-corrected chi connectivity index (χ0v) is 16.4. The van der Waals surface area contributed by atoms with Crippen LogP contribution in [-0.2, 0) is 0 Å². The van der Waals surface area contributed by atoms with Crippen LogP contribution in [0.4, 0.5) is 0 Å². The minimum atomic E-state index is 0.653. The Kier molecular flexibility index (Phi) is 12.1. The molecule has 0 saturated heterocycles. The molecular weight excluding hydrogens is 347 g/mol. The highest BCUT2D eigenvalue weighted by Gasteiger charge is 2.03. The van der Waals surface area contributed by atoms with Crippen LogP contribution in [0.1, 0.15) is 13.8 Å². The van der Waals surface area contributed by atoms with Gasteiger partial charge in [-0.15, -0.1) is 23.2 Å². The summed E-state index contributed by atoms with van der Waals surface area (Å²) in [7, 11) is 0. The Hall–Kier alpha value is -0.680. The van der Waals surface area contributed by atoms with E-state index in [0.29, 0.717) is 25.0 Å². The fourth-order valence-electron chi connectivity index (χ4n) is 2.31. The largest absolute Gasteiger partial charge is 0.492 e. The average molecular weight is 377 g/mol. The molecule has 0 amide bonds. The van der Waals surface area contributed by atoms with Gasteiger partial charge in [0.15, 0.2) is 0 Å². The van der Waals surface area contributed by atoms with Crippen molar-refractivity contribution in [3.05, 3.63) is 24.3 Å². The molecule has 0 atom stereocenters. The molecule has 0 aliphatic carbocycles. The lowest BCUT2D eigenvalue weighted by Gasteiger charge is -2.19. The van der Waals surface area contributed by atoms with Gasteiger partial charge in [0, 0.05) is 37.9 Å². The highest BCUT2D eigenvalue weighted by molar-refractivity contribution is 6.18. The zero-order valence-electron chi connectivity index (χ0n) is 14.8. The Morgan fingerprint density at radius 1 is 0.708 bits per heavy atom. The Labute approximate surface area is 156 Å². The molecule has 24 heavy (non-hydrogen) atoms. The quantitative estimate of drug-likeness (QED) is 0.463. The molecule has 4 nitrogen and oxygen atoms in total. The third kappa shape index (κ3) is 8.97. The predicted octanol–water partition coefficient (Wildman–Crippen LogP) is 3.57. The molecule has 0 aliphatic rings. The van der Waals surface area contributed by atoms with Gasteiger partial charge in [-0.1, -0.05) is 13.8 Å². The van der Waals surface area contributed by atoms with Crippen molar-refractivity contribution in [2.24, 2.45) is 0 Å². The lowest BCUT2D eigenvalue weighted by molar-refractivity contribution is 0.220. The third-order valence-corrected chi connectivity index (χ3v) is 4.21. The minimum Gasteiger partial charge on any atom is -0.492 e. The van der Waals surface area contributed by atoms with Gasteiger partial charge >= 0.3 is 0 Å². The Balaban J connectivity index is 2.27. The SMILES string of the molecule is CCN(CCCl)CCOc1ccc(OCCN(CC)CCCl)cc1. The summed E-state index contributed by atoms with van der Waals surface area (Å²) in [5, 5.41) is 0. The van der Waals surface area contributed by atoms with E-state index in [9.17, 15) is 0 Å². The standard InChI is InChI=1S/C18H30Cl2N2O2/c1-3-21(11-9-19)13-15-23-17-5-7-18(8-6-17)24-16-14-22(4-2)12-10-20/h5-8H,3-4,9-16H2,1-2H3. The van der Waals surface area contributed by atoms with Crippen molar-refractivity contribution in [2.75, 3.05) is 64.2 Å². The second kappa shape index (κ2) is 13.6. The van der Waals surface area contributed by atoms with E-state index in [0.717, 1.165) is 50.8 Å². The molecule has 0 heterocycles. The fraction of sp³-hybridized carbons (Fsp3) is 0.667. The molecule has 0 saturated carbocycles. The second-order valence-corrected chi connectivity index (χ2v) is 6.17. The molecule has 0 spiro atoms. The molecule has 0 radical (unpaired) electrons. The molecule has 0 aliphatic heterocycles. The molecule has 6 heteroatoms. The maximum atomic E-state index is 5.77. The summed E-state index contributed by atoms with van der Waals surface area (Å²) in [6.45, 7) is 11.1. The van der Waals surface area contributed by atoms with Crippen LogP contribution in [0, 0.1) is 0 Å². The molecule has 0 bridgehead atoms. The van der Waals surface area contributed by atoms with Gasteiger partial charge < -0.3 is 9.47 Å². The minimum absolute atomic E-state index is 0.653. The number of hydrogen-bond donors (Lipinski definition) is 0. The highest BCUT2D eigenvalue weighted by atomic mass is 35.5. The summed E-state index contributed by atoms with van der Waals surface area (Å²) in [5.74, 6) is 3.03. The second-order valence-electron chi connectivity index (χ2n) is 5.41. The van der Waals surface area contributed by atoms with E-state index in [4.69, 9.17) is 32.7 Å². The van der Waals surface area contributed by atoms with Crippen molar-refractivity contribution in [1.29, 1.82) is 0 Å². The van der Waals surface area contributed by atoms with Gasteiger partial charge in [-0.3, -0.25) is 9.80 Å². The van der Waals surface area contributed by atoms with E-state index in [1.54, 1.807) is 0 Å². The first kappa shape index (κ1) is 21.4. The van der Waals surface area contributed by atoms with Crippen molar-refractivity contribution in [3.63, 3.8) is 0 Å². The Bertz CT molecular complexity index is 379. The van der Waals surface area contributed by atoms with Gasteiger partial charge in [0.2, 0.25) is 0 Å². The molecular formula is C18H30Cl2N2O2. The van der Waals surface area contributed by atoms with E-state index in [2.05, 4.69) is 23.6 Å². The number of alkyl halides is 2. The van der Waals surface area contributed by atoms with Crippen LogP contribution in [-0.4, -0.2) is 74.0 Å². The van der Waals surface area contributed by atoms with E-state index >= 15 is 0 Å². The lowest BCUT2D eigenvalue weighted by atomic mass is 10.3. The molecule has 0 unspecified atom stereocenters. The summed E-state index contributed by atoms with van der Waals surface area (Å²) in [5.41, 5.74) is 0. The number of rotatable bonds is 14. The third-order valence-electron chi connectivity index (χ3n) is 3.87. The predicted molar refractivity (Wildman–Crippen MR) is 103 cm³/mol. The first-order chi connectivity index (χ1) is 11.7. The van der Waals surface area contributed by atoms with Gasteiger partial charge in [-0.05, 0) is 37.4 Å². The molecule has 1 aromatic carbocycles. The highest BCUT2D eigenvalue weighted by Crippen LogP contribution is 2.17. The van der Waals surface area contributed by atoms with Crippen LogP contribution in [0.15, 0.2) is 24.3 Å². The number of benzene rings is 1. The molecule has 0 fully saturated rings. The van der Waals surface area contributed by atoms with Crippen molar-refractivity contribution < 1.29 is 9.47 Å². The maximum absolute atomic E-state index is 5.77. The molecule has 1 aromatic rings. The monoisotopic (exact) mass is 376 g/mol. The van der Waals surface area contributed by atoms with Crippen LogP contribution in [0.2, 0.25) is 0 Å². The van der Waals surface area contributed by atoms with E-state index in [1.807, 2.05) is 24.3 Å². The lowest BCUT2D eigenvalue weighted by Crippen LogP contribution is -2.30. The number of likely N-dealkylation sites (N-methyl/N-ethyl adjacent to an activating group) is 2. The first-order valence-electron chi connectivity index (χ1n) is 8.65. The van der Waals surface area contributed by atoms with Crippen LogP contribution in [0.5, 0.6) is 11.5 Å². The summed E-state index contributed by atoms with van der Waals surface area (Å²) in [4.78, 5) is 4.54. The average Bonchev–Trinajstić information content (AvgIpc) is 2.61. The van der Waals surface area contributed by atoms with Crippen LogP contribution in [0.3, 0.4) is 0 Å². The van der Waals surface area contributed by atoms with Crippen molar-refractivity contribution in [3.8, 4) is 11.5 Å². The topological polar surface area (TPSA) is 24.9 Å².